The number of sulfonamides is 1. The van der Waals surface area contributed by atoms with Crippen LogP contribution in [0.2, 0.25) is 0 Å². The highest BCUT2D eigenvalue weighted by Crippen LogP contribution is 2.19. The summed E-state index contributed by atoms with van der Waals surface area (Å²) in [5.74, 6) is -1.59. The van der Waals surface area contributed by atoms with Crippen LogP contribution in [0.4, 0.5) is 8.78 Å². The average molecular weight is 290 g/mol. The van der Waals surface area contributed by atoms with Crippen molar-refractivity contribution in [1.82, 2.24) is 10.0 Å². The summed E-state index contributed by atoms with van der Waals surface area (Å²) in [4.78, 5) is -0.648. The number of benzene rings is 1. The highest BCUT2D eigenvalue weighted by molar-refractivity contribution is 7.89. The summed E-state index contributed by atoms with van der Waals surface area (Å²) in [5.41, 5.74) is 0. The zero-order chi connectivity index (χ0) is 14.0. The number of hydrogen-bond donors (Lipinski definition) is 2. The van der Waals surface area contributed by atoms with Gasteiger partial charge in [-0.3, -0.25) is 0 Å². The minimum atomic E-state index is -4.05. The van der Waals surface area contributed by atoms with Gasteiger partial charge in [0, 0.05) is 12.6 Å². The molecule has 0 amide bonds. The van der Waals surface area contributed by atoms with E-state index in [0.717, 1.165) is 25.1 Å². The van der Waals surface area contributed by atoms with Gasteiger partial charge in [0.15, 0.2) is 0 Å². The summed E-state index contributed by atoms with van der Waals surface area (Å²) in [7, 11) is -4.05. The fraction of sp³-hybridized carbons (Fsp3) is 0.500. The van der Waals surface area contributed by atoms with Crippen LogP contribution in [-0.4, -0.2) is 27.5 Å². The second kappa shape index (κ2) is 5.52. The molecule has 1 aromatic rings. The van der Waals surface area contributed by atoms with Crippen LogP contribution in [-0.2, 0) is 10.0 Å². The molecule has 1 aliphatic rings. The maximum atomic E-state index is 13.5. The summed E-state index contributed by atoms with van der Waals surface area (Å²) < 4.78 is 53.2. The standard InChI is InChI=1S/C12H16F2N2O2S/c1-8-4-5-15-7-11(8)16-19(17,18)12-6-9(13)2-3-10(12)14/h2-3,6,8,11,15-16H,4-5,7H2,1H3/t8-,11+/m0/s1. The Hall–Kier alpha value is -1.05. The third-order valence-corrected chi connectivity index (χ3v) is 4.82. The topological polar surface area (TPSA) is 58.2 Å². The number of halogens is 2. The lowest BCUT2D eigenvalue weighted by atomic mass is 9.96. The maximum absolute atomic E-state index is 13.5. The lowest BCUT2D eigenvalue weighted by molar-refractivity contribution is 0.326. The molecule has 0 spiro atoms. The van der Waals surface area contributed by atoms with Gasteiger partial charge in [0.1, 0.15) is 16.5 Å². The normalized spacial score (nSPS) is 24.4. The van der Waals surface area contributed by atoms with Crippen molar-refractivity contribution in [1.29, 1.82) is 0 Å². The number of rotatable bonds is 3. The Balaban J connectivity index is 2.24. The van der Waals surface area contributed by atoms with Crippen molar-refractivity contribution in [3.8, 4) is 0 Å². The number of nitrogens with one attached hydrogen (secondary N) is 2. The van der Waals surface area contributed by atoms with Gasteiger partial charge in [-0.1, -0.05) is 6.92 Å². The SMILES string of the molecule is C[C@H]1CCNC[C@H]1NS(=O)(=O)c1cc(F)ccc1F. The fourth-order valence-electron chi connectivity index (χ4n) is 2.09. The van der Waals surface area contributed by atoms with E-state index in [2.05, 4.69) is 10.0 Å². The van der Waals surface area contributed by atoms with E-state index in [1.54, 1.807) is 0 Å². The average Bonchev–Trinajstić information content (AvgIpc) is 2.35. The molecule has 1 heterocycles. The molecule has 0 aliphatic carbocycles. The predicted molar refractivity (Wildman–Crippen MR) is 67.1 cm³/mol. The molecule has 0 aromatic heterocycles. The number of piperidine rings is 1. The first-order chi connectivity index (χ1) is 8.90. The Morgan fingerprint density at radius 2 is 2.11 bits per heavy atom. The molecule has 0 unspecified atom stereocenters. The van der Waals surface area contributed by atoms with E-state index in [0.29, 0.717) is 12.6 Å². The molecule has 4 nitrogen and oxygen atoms in total. The van der Waals surface area contributed by atoms with Gasteiger partial charge in [0.2, 0.25) is 10.0 Å². The Kier molecular flexibility index (Phi) is 4.17. The molecule has 0 radical (unpaired) electrons. The molecule has 2 rings (SSSR count). The molecular weight excluding hydrogens is 274 g/mol. The summed E-state index contributed by atoms with van der Waals surface area (Å²) in [6.45, 7) is 3.24. The quantitative estimate of drug-likeness (QED) is 0.880. The molecule has 0 saturated carbocycles. The van der Waals surface area contributed by atoms with Crippen molar-refractivity contribution in [2.45, 2.75) is 24.3 Å². The van der Waals surface area contributed by atoms with E-state index in [1.165, 1.54) is 0 Å². The molecule has 2 atom stereocenters. The van der Waals surface area contributed by atoms with Crippen molar-refractivity contribution in [2.75, 3.05) is 13.1 Å². The zero-order valence-electron chi connectivity index (χ0n) is 10.5. The van der Waals surface area contributed by atoms with Gasteiger partial charge in [-0.15, -0.1) is 0 Å². The molecular formula is C12H16F2N2O2S. The molecule has 0 bridgehead atoms. The monoisotopic (exact) mass is 290 g/mol. The van der Waals surface area contributed by atoms with Crippen LogP contribution in [0.3, 0.4) is 0 Å². The fourth-order valence-corrected chi connectivity index (χ4v) is 3.53. The van der Waals surface area contributed by atoms with Gasteiger partial charge in [-0.25, -0.2) is 21.9 Å². The van der Waals surface area contributed by atoms with E-state index in [9.17, 15) is 17.2 Å². The van der Waals surface area contributed by atoms with Gasteiger partial charge < -0.3 is 5.32 Å². The lowest BCUT2D eigenvalue weighted by Crippen LogP contribution is -2.50. The third kappa shape index (κ3) is 3.29. The minimum Gasteiger partial charge on any atom is -0.315 e. The van der Waals surface area contributed by atoms with Crippen molar-refractivity contribution >= 4 is 10.0 Å². The first kappa shape index (κ1) is 14.4. The molecule has 1 aliphatic heterocycles. The van der Waals surface area contributed by atoms with Crippen LogP contribution in [0.1, 0.15) is 13.3 Å². The van der Waals surface area contributed by atoms with Crippen LogP contribution in [0.5, 0.6) is 0 Å². The van der Waals surface area contributed by atoms with E-state index in [-0.39, 0.29) is 12.0 Å². The molecule has 7 heteroatoms. The van der Waals surface area contributed by atoms with E-state index < -0.39 is 26.6 Å². The van der Waals surface area contributed by atoms with Crippen molar-refractivity contribution in [2.24, 2.45) is 5.92 Å². The molecule has 2 N–H and O–H groups in total. The Morgan fingerprint density at radius 3 is 2.79 bits per heavy atom. The highest BCUT2D eigenvalue weighted by Gasteiger charge is 2.28. The molecule has 1 aromatic carbocycles. The Labute approximate surface area is 111 Å². The van der Waals surface area contributed by atoms with Gasteiger partial charge >= 0.3 is 0 Å². The highest BCUT2D eigenvalue weighted by atomic mass is 32.2. The van der Waals surface area contributed by atoms with Crippen LogP contribution in [0.15, 0.2) is 23.1 Å². The van der Waals surface area contributed by atoms with E-state index >= 15 is 0 Å². The van der Waals surface area contributed by atoms with E-state index in [4.69, 9.17) is 0 Å². The summed E-state index contributed by atoms with van der Waals surface area (Å²) >= 11 is 0. The third-order valence-electron chi connectivity index (χ3n) is 3.32. The zero-order valence-corrected chi connectivity index (χ0v) is 11.3. The predicted octanol–water partition coefficient (Wildman–Crippen LogP) is 1.24. The first-order valence-corrected chi connectivity index (χ1v) is 7.56. The smallest absolute Gasteiger partial charge is 0.243 e. The molecule has 1 saturated heterocycles. The van der Waals surface area contributed by atoms with Crippen LogP contribution in [0, 0.1) is 17.6 Å². The molecule has 19 heavy (non-hydrogen) atoms. The Bertz CT molecular complexity index is 563. The minimum absolute atomic E-state index is 0.146. The van der Waals surface area contributed by atoms with Gasteiger partial charge in [0.25, 0.3) is 0 Å². The van der Waals surface area contributed by atoms with Crippen LogP contribution >= 0.6 is 0 Å². The van der Waals surface area contributed by atoms with Gasteiger partial charge in [0.05, 0.1) is 0 Å². The van der Waals surface area contributed by atoms with E-state index in [1.807, 2.05) is 6.92 Å². The van der Waals surface area contributed by atoms with Crippen LogP contribution in [0.25, 0.3) is 0 Å². The second-order valence-electron chi connectivity index (χ2n) is 4.77. The second-order valence-corrected chi connectivity index (χ2v) is 6.46. The van der Waals surface area contributed by atoms with Crippen molar-refractivity contribution in [3.63, 3.8) is 0 Å². The first-order valence-electron chi connectivity index (χ1n) is 6.08. The maximum Gasteiger partial charge on any atom is 0.243 e. The van der Waals surface area contributed by atoms with Gasteiger partial charge in [-0.05, 0) is 37.1 Å². The molecule has 1 fully saturated rings. The lowest BCUT2D eigenvalue weighted by Gasteiger charge is -2.30. The van der Waals surface area contributed by atoms with Gasteiger partial charge in [-0.2, -0.15) is 0 Å². The Morgan fingerprint density at radius 1 is 1.37 bits per heavy atom. The summed E-state index contributed by atoms with van der Waals surface area (Å²) in [6.07, 6.45) is 0.832. The van der Waals surface area contributed by atoms with Crippen LogP contribution < -0.4 is 10.0 Å². The summed E-state index contributed by atoms with van der Waals surface area (Å²) in [5, 5.41) is 3.07. The summed E-state index contributed by atoms with van der Waals surface area (Å²) in [6, 6.07) is 2.07. The number of hydrogen-bond acceptors (Lipinski definition) is 3. The molecule has 106 valence electrons. The van der Waals surface area contributed by atoms with Crippen molar-refractivity contribution in [3.05, 3.63) is 29.8 Å². The largest absolute Gasteiger partial charge is 0.315 e. The van der Waals surface area contributed by atoms with Crippen molar-refractivity contribution < 1.29 is 17.2 Å².